The molecule has 3 nitrogen and oxygen atoms in total. The molecule has 19 heavy (non-hydrogen) atoms. The summed E-state index contributed by atoms with van der Waals surface area (Å²) < 4.78 is 0. The summed E-state index contributed by atoms with van der Waals surface area (Å²) >= 11 is 0. The van der Waals surface area contributed by atoms with Crippen molar-refractivity contribution in [2.45, 2.75) is 32.1 Å². The fourth-order valence-corrected chi connectivity index (χ4v) is 2.72. The summed E-state index contributed by atoms with van der Waals surface area (Å²) in [6, 6.07) is 10.9. The van der Waals surface area contributed by atoms with Crippen LogP contribution in [-0.4, -0.2) is 42.5 Å². The lowest BCUT2D eigenvalue weighted by Gasteiger charge is -2.26. The molecule has 2 rings (SSSR count). The van der Waals surface area contributed by atoms with E-state index in [2.05, 4.69) is 30.3 Å². The second-order valence-electron chi connectivity index (χ2n) is 5.32. The molecule has 104 valence electrons. The minimum absolute atomic E-state index is 0.177. The molecule has 0 saturated carbocycles. The van der Waals surface area contributed by atoms with Gasteiger partial charge in [0.1, 0.15) is 0 Å². The lowest BCUT2D eigenvalue weighted by atomic mass is 9.92. The first-order valence-electron chi connectivity index (χ1n) is 7.27. The van der Waals surface area contributed by atoms with Crippen LogP contribution in [0.15, 0.2) is 30.3 Å². The summed E-state index contributed by atoms with van der Waals surface area (Å²) in [4.78, 5) is 16.0. The van der Waals surface area contributed by atoms with Gasteiger partial charge in [-0.05, 0) is 37.7 Å². The van der Waals surface area contributed by atoms with Crippen LogP contribution >= 0.6 is 0 Å². The van der Waals surface area contributed by atoms with E-state index in [4.69, 9.17) is 0 Å². The molecule has 0 aliphatic carbocycles. The van der Waals surface area contributed by atoms with Gasteiger partial charge in [-0.25, -0.2) is 4.79 Å². The highest BCUT2D eigenvalue weighted by atomic mass is 16.2. The number of urea groups is 1. The van der Waals surface area contributed by atoms with Gasteiger partial charge in [0.25, 0.3) is 0 Å². The maximum Gasteiger partial charge on any atom is 0.319 e. The van der Waals surface area contributed by atoms with E-state index in [9.17, 15) is 4.79 Å². The summed E-state index contributed by atoms with van der Waals surface area (Å²) in [6.07, 6.45) is 3.36. The number of carbonyl (C=O) groups excluding carboxylic acids is 1. The molecule has 1 aliphatic rings. The van der Waals surface area contributed by atoms with Crippen LogP contribution in [0.5, 0.6) is 0 Å². The Hall–Kier alpha value is -1.51. The van der Waals surface area contributed by atoms with E-state index in [0.29, 0.717) is 5.92 Å². The number of amides is 2. The van der Waals surface area contributed by atoms with Crippen LogP contribution in [0.1, 0.15) is 37.7 Å². The van der Waals surface area contributed by atoms with Gasteiger partial charge in [-0.15, -0.1) is 0 Å². The Labute approximate surface area is 116 Å². The van der Waals surface area contributed by atoms with Crippen LogP contribution in [0.25, 0.3) is 0 Å². The van der Waals surface area contributed by atoms with E-state index in [-0.39, 0.29) is 6.03 Å². The first-order chi connectivity index (χ1) is 9.22. The third-order valence-electron chi connectivity index (χ3n) is 4.07. The maximum absolute atomic E-state index is 12.2. The first kappa shape index (κ1) is 13.9. The van der Waals surface area contributed by atoms with Crippen molar-refractivity contribution < 1.29 is 4.79 Å². The quantitative estimate of drug-likeness (QED) is 0.800. The third-order valence-corrected chi connectivity index (χ3v) is 4.07. The van der Waals surface area contributed by atoms with Crippen molar-refractivity contribution in [3.8, 4) is 0 Å². The molecule has 0 spiro atoms. The molecule has 1 atom stereocenters. The average Bonchev–Trinajstić information content (AvgIpc) is 2.72. The molecule has 0 aromatic heterocycles. The van der Waals surface area contributed by atoms with Gasteiger partial charge < -0.3 is 9.80 Å². The number of nitrogens with zero attached hydrogens (tertiary/aromatic N) is 2. The number of carbonyl (C=O) groups is 1. The largest absolute Gasteiger partial charge is 0.328 e. The molecular formula is C16H24N2O. The number of hydrogen-bond acceptors (Lipinski definition) is 1. The minimum Gasteiger partial charge on any atom is -0.328 e. The molecule has 1 unspecified atom stereocenters. The van der Waals surface area contributed by atoms with Crippen LogP contribution in [0.4, 0.5) is 4.79 Å². The van der Waals surface area contributed by atoms with Gasteiger partial charge in [-0.1, -0.05) is 30.3 Å². The zero-order valence-electron chi connectivity index (χ0n) is 12.0. The van der Waals surface area contributed by atoms with Crippen molar-refractivity contribution in [1.29, 1.82) is 0 Å². The van der Waals surface area contributed by atoms with Crippen molar-refractivity contribution in [2.24, 2.45) is 0 Å². The molecule has 1 fully saturated rings. The van der Waals surface area contributed by atoms with Gasteiger partial charge in [0.15, 0.2) is 0 Å². The van der Waals surface area contributed by atoms with E-state index < -0.39 is 0 Å². The van der Waals surface area contributed by atoms with E-state index in [1.54, 1.807) is 4.90 Å². The second-order valence-corrected chi connectivity index (χ2v) is 5.32. The fourth-order valence-electron chi connectivity index (χ4n) is 2.72. The van der Waals surface area contributed by atoms with Gasteiger partial charge in [0.2, 0.25) is 0 Å². The van der Waals surface area contributed by atoms with Gasteiger partial charge in [0.05, 0.1) is 0 Å². The van der Waals surface area contributed by atoms with Crippen molar-refractivity contribution in [2.75, 3.05) is 26.7 Å². The summed E-state index contributed by atoms with van der Waals surface area (Å²) in [5.74, 6) is 0.603. The van der Waals surface area contributed by atoms with Crippen LogP contribution in [0, 0.1) is 0 Å². The predicted octanol–water partition coefficient (Wildman–Crippen LogP) is 3.33. The summed E-state index contributed by atoms with van der Waals surface area (Å²) in [5.41, 5.74) is 1.42. The summed E-state index contributed by atoms with van der Waals surface area (Å²) in [7, 11) is 1.88. The average molecular weight is 260 g/mol. The Balaban J connectivity index is 1.97. The van der Waals surface area contributed by atoms with Crippen molar-refractivity contribution in [1.82, 2.24) is 9.80 Å². The molecule has 0 radical (unpaired) electrons. The summed E-state index contributed by atoms with van der Waals surface area (Å²) in [6.45, 7) is 4.56. The van der Waals surface area contributed by atoms with Gasteiger partial charge in [0, 0.05) is 26.7 Å². The van der Waals surface area contributed by atoms with Crippen LogP contribution in [0.3, 0.4) is 0 Å². The van der Waals surface area contributed by atoms with Crippen molar-refractivity contribution >= 4 is 6.03 Å². The molecule has 3 heteroatoms. The van der Waals surface area contributed by atoms with Crippen LogP contribution in [-0.2, 0) is 0 Å². The first-order valence-corrected chi connectivity index (χ1v) is 7.27. The Kier molecular flexibility index (Phi) is 4.83. The van der Waals surface area contributed by atoms with Crippen molar-refractivity contribution in [3.05, 3.63) is 35.9 Å². The highest BCUT2D eigenvalue weighted by molar-refractivity contribution is 5.74. The molecule has 0 N–H and O–H groups in total. The smallest absolute Gasteiger partial charge is 0.319 e. The molecule has 2 amide bonds. The Morgan fingerprint density at radius 2 is 2.00 bits per heavy atom. The normalized spacial score (nSPS) is 19.9. The summed E-state index contributed by atoms with van der Waals surface area (Å²) in [5, 5.41) is 0. The van der Waals surface area contributed by atoms with Gasteiger partial charge >= 0.3 is 6.03 Å². The van der Waals surface area contributed by atoms with Gasteiger partial charge in [-0.2, -0.15) is 0 Å². The molecular weight excluding hydrogens is 236 g/mol. The zero-order chi connectivity index (χ0) is 13.7. The molecule has 1 aromatic rings. The van der Waals surface area contributed by atoms with Gasteiger partial charge in [-0.3, -0.25) is 0 Å². The number of hydrogen-bond donors (Lipinski definition) is 0. The monoisotopic (exact) mass is 260 g/mol. The fraction of sp³-hybridized carbons (Fsp3) is 0.562. The van der Waals surface area contributed by atoms with Crippen molar-refractivity contribution in [3.63, 3.8) is 0 Å². The van der Waals surface area contributed by atoms with E-state index >= 15 is 0 Å². The third kappa shape index (κ3) is 3.49. The molecule has 1 aromatic carbocycles. The van der Waals surface area contributed by atoms with Crippen LogP contribution < -0.4 is 0 Å². The highest BCUT2D eigenvalue weighted by Gasteiger charge is 2.22. The number of likely N-dealkylation sites (tertiary alicyclic amines) is 1. The highest BCUT2D eigenvalue weighted by Crippen LogP contribution is 2.28. The Morgan fingerprint density at radius 1 is 1.26 bits per heavy atom. The Morgan fingerprint density at radius 3 is 2.68 bits per heavy atom. The SMILES string of the molecule is CCN(C)C(=O)N1CCCC(c2ccccc2)CC1. The van der Waals surface area contributed by atoms with E-state index in [1.165, 1.54) is 12.0 Å². The number of rotatable bonds is 2. The minimum atomic E-state index is 0.177. The van der Waals surface area contributed by atoms with E-state index in [0.717, 1.165) is 32.5 Å². The topological polar surface area (TPSA) is 23.6 Å². The zero-order valence-corrected chi connectivity index (χ0v) is 12.0. The molecule has 1 aliphatic heterocycles. The standard InChI is InChI=1S/C16H24N2O/c1-3-17(2)16(19)18-12-7-10-15(11-13-18)14-8-5-4-6-9-14/h4-6,8-9,15H,3,7,10-13H2,1-2H3. The second kappa shape index (κ2) is 6.60. The molecule has 0 bridgehead atoms. The predicted molar refractivity (Wildman–Crippen MR) is 78.3 cm³/mol. The maximum atomic E-state index is 12.2. The molecule has 1 saturated heterocycles. The lowest BCUT2D eigenvalue weighted by molar-refractivity contribution is 0.166. The lowest BCUT2D eigenvalue weighted by Crippen LogP contribution is -2.41. The van der Waals surface area contributed by atoms with E-state index in [1.807, 2.05) is 18.9 Å². The Bertz CT molecular complexity index is 404. The molecule has 1 heterocycles. The van der Waals surface area contributed by atoms with Crippen LogP contribution in [0.2, 0.25) is 0 Å². The number of benzene rings is 1.